The van der Waals surface area contributed by atoms with Crippen LogP contribution in [0.1, 0.15) is 6.42 Å². The highest BCUT2D eigenvalue weighted by molar-refractivity contribution is 5.92. The highest BCUT2D eigenvalue weighted by Gasteiger charge is 1.96. The maximum Gasteiger partial charge on any atom is 0.193 e. The number of ether oxygens (including phenoxy) is 2. The molecular weight excluding hydrogens is 278 g/mol. The van der Waals surface area contributed by atoms with Gasteiger partial charge in [0.05, 0.1) is 13.7 Å². The molecule has 22 heavy (non-hydrogen) atoms. The second-order valence-electron chi connectivity index (χ2n) is 4.64. The summed E-state index contributed by atoms with van der Waals surface area (Å²) in [5.74, 6) is 2.07. The molecule has 0 aliphatic heterocycles. The van der Waals surface area contributed by atoms with E-state index in [2.05, 4.69) is 10.3 Å². The predicted molar refractivity (Wildman–Crippen MR) is 89.7 cm³/mol. The lowest BCUT2D eigenvalue weighted by Crippen LogP contribution is -2.23. The molecule has 116 valence electrons. The summed E-state index contributed by atoms with van der Waals surface area (Å²) in [7, 11) is 1.63. The average Bonchev–Trinajstić information content (AvgIpc) is 2.56. The number of anilines is 1. The lowest BCUT2D eigenvalue weighted by Gasteiger charge is -2.07. The van der Waals surface area contributed by atoms with Gasteiger partial charge >= 0.3 is 0 Å². The van der Waals surface area contributed by atoms with Crippen molar-refractivity contribution >= 4 is 11.6 Å². The molecule has 3 N–H and O–H groups in total. The molecule has 0 atom stereocenters. The van der Waals surface area contributed by atoms with Gasteiger partial charge in [0, 0.05) is 18.7 Å². The van der Waals surface area contributed by atoms with E-state index < -0.39 is 0 Å². The maximum absolute atomic E-state index is 5.84. The molecule has 0 heterocycles. The third-order valence-corrected chi connectivity index (χ3v) is 2.96. The van der Waals surface area contributed by atoms with Crippen LogP contribution in [0.25, 0.3) is 0 Å². The first-order valence-electron chi connectivity index (χ1n) is 7.17. The normalized spacial score (nSPS) is 11.0. The Labute approximate surface area is 130 Å². The number of guanidine groups is 1. The topological polar surface area (TPSA) is 68.9 Å². The summed E-state index contributed by atoms with van der Waals surface area (Å²) in [4.78, 5) is 4.27. The van der Waals surface area contributed by atoms with Gasteiger partial charge in [-0.1, -0.05) is 18.2 Å². The van der Waals surface area contributed by atoms with Gasteiger partial charge in [-0.2, -0.15) is 0 Å². The van der Waals surface area contributed by atoms with Gasteiger partial charge in [0.2, 0.25) is 0 Å². The standard InChI is InChI=1S/C17H21N3O2/c1-21-15-10-8-14(9-11-15)20-17(18)19-12-5-13-22-16-6-3-2-4-7-16/h2-4,6-11H,5,12-13H2,1H3,(H3,18,19,20). The van der Waals surface area contributed by atoms with Crippen LogP contribution in [0.15, 0.2) is 59.6 Å². The minimum absolute atomic E-state index is 0.393. The van der Waals surface area contributed by atoms with Gasteiger partial charge in [0.1, 0.15) is 11.5 Å². The van der Waals surface area contributed by atoms with Crippen LogP contribution in [0, 0.1) is 0 Å². The summed E-state index contributed by atoms with van der Waals surface area (Å²) in [6.07, 6.45) is 0.805. The molecule has 0 aliphatic carbocycles. The van der Waals surface area contributed by atoms with E-state index in [-0.39, 0.29) is 0 Å². The Balaban J connectivity index is 1.68. The lowest BCUT2D eigenvalue weighted by molar-refractivity contribution is 0.313. The number of aliphatic imine (C=N–C) groups is 1. The van der Waals surface area contributed by atoms with E-state index in [1.54, 1.807) is 7.11 Å². The Kier molecular flexibility index (Phi) is 6.11. The maximum atomic E-state index is 5.84. The molecule has 0 saturated carbocycles. The number of nitrogens with one attached hydrogen (secondary N) is 1. The Bertz CT molecular complexity index is 583. The third-order valence-electron chi connectivity index (χ3n) is 2.96. The number of para-hydroxylation sites is 1. The summed E-state index contributed by atoms with van der Waals surface area (Å²) in [5, 5.41) is 3.03. The van der Waals surface area contributed by atoms with Crippen LogP contribution in [-0.4, -0.2) is 26.2 Å². The summed E-state index contributed by atoms with van der Waals surface area (Å²) < 4.78 is 10.7. The minimum atomic E-state index is 0.393. The molecule has 5 heteroatoms. The van der Waals surface area contributed by atoms with Crippen molar-refractivity contribution in [3.63, 3.8) is 0 Å². The largest absolute Gasteiger partial charge is 0.497 e. The second-order valence-corrected chi connectivity index (χ2v) is 4.64. The molecule has 0 radical (unpaired) electrons. The quantitative estimate of drug-likeness (QED) is 0.468. The second kappa shape index (κ2) is 8.56. The smallest absolute Gasteiger partial charge is 0.193 e. The Morgan fingerprint density at radius 2 is 1.77 bits per heavy atom. The number of benzene rings is 2. The van der Waals surface area contributed by atoms with Crippen LogP contribution >= 0.6 is 0 Å². The molecule has 0 amide bonds. The number of hydrogen-bond donors (Lipinski definition) is 2. The molecule has 0 fully saturated rings. The third kappa shape index (κ3) is 5.36. The van der Waals surface area contributed by atoms with E-state index in [4.69, 9.17) is 15.2 Å². The Morgan fingerprint density at radius 3 is 2.45 bits per heavy atom. The highest BCUT2D eigenvalue weighted by atomic mass is 16.5. The van der Waals surface area contributed by atoms with Gasteiger partial charge in [-0.3, -0.25) is 4.99 Å². The fraction of sp³-hybridized carbons (Fsp3) is 0.235. The van der Waals surface area contributed by atoms with E-state index in [0.717, 1.165) is 23.6 Å². The number of rotatable bonds is 7. The van der Waals surface area contributed by atoms with Crippen molar-refractivity contribution in [2.75, 3.05) is 25.6 Å². The molecule has 2 rings (SSSR count). The van der Waals surface area contributed by atoms with Crippen LogP contribution < -0.4 is 20.5 Å². The molecule has 0 unspecified atom stereocenters. The fourth-order valence-corrected chi connectivity index (χ4v) is 1.83. The molecule has 0 saturated heterocycles. The van der Waals surface area contributed by atoms with Crippen molar-refractivity contribution in [3.05, 3.63) is 54.6 Å². The molecule has 5 nitrogen and oxygen atoms in total. The first-order chi connectivity index (χ1) is 10.8. The van der Waals surface area contributed by atoms with E-state index in [0.29, 0.717) is 19.1 Å². The molecular formula is C17H21N3O2. The molecule has 0 bridgehead atoms. The first kappa shape index (κ1) is 15.7. The van der Waals surface area contributed by atoms with Crippen molar-refractivity contribution in [2.45, 2.75) is 6.42 Å². The minimum Gasteiger partial charge on any atom is -0.497 e. The Morgan fingerprint density at radius 1 is 1.05 bits per heavy atom. The van der Waals surface area contributed by atoms with Crippen LogP contribution in [0.4, 0.5) is 5.69 Å². The number of nitrogens with zero attached hydrogens (tertiary/aromatic N) is 1. The first-order valence-corrected chi connectivity index (χ1v) is 7.17. The summed E-state index contributed by atoms with van der Waals surface area (Å²) in [6.45, 7) is 1.23. The van der Waals surface area contributed by atoms with Crippen molar-refractivity contribution in [1.29, 1.82) is 0 Å². The van der Waals surface area contributed by atoms with Crippen molar-refractivity contribution in [1.82, 2.24) is 0 Å². The van der Waals surface area contributed by atoms with Gasteiger partial charge in [-0.25, -0.2) is 0 Å². The van der Waals surface area contributed by atoms with Crippen molar-refractivity contribution in [3.8, 4) is 11.5 Å². The van der Waals surface area contributed by atoms with Crippen LogP contribution in [0.5, 0.6) is 11.5 Å². The number of hydrogen-bond acceptors (Lipinski definition) is 3. The van der Waals surface area contributed by atoms with Gasteiger partial charge in [-0.15, -0.1) is 0 Å². The lowest BCUT2D eigenvalue weighted by atomic mass is 10.3. The fourth-order valence-electron chi connectivity index (χ4n) is 1.83. The van der Waals surface area contributed by atoms with Crippen LogP contribution in [0.3, 0.4) is 0 Å². The zero-order valence-corrected chi connectivity index (χ0v) is 12.7. The molecule has 0 spiro atoms. The SMILES string of the molecule is COc1ccc(NC(N)=NCCCOc2ccccc2)cc1. The van der Waals surface area contributed by atoms with Crippen molar-refractivity contribution < 1.29 is 9.47 Å². The van der Waals surface area contributed by atoms with E-state index in [1.165, 1.54) is 0 Å². The van der Waals surface area contributed by atoms with E-state index in [1.807, 2.05) is 54.6 Å². The summed E-state index contributed by atoms with van der Waals surface area (Å²) >= 11 is 0. The summed E-state index contributed by atoms with van der Waals surface area (Å²) in [5.41, 5.74) is 6.71. The van der Waals surface area contributed by atoms with Gasteiger partial charge in [-0.05, 0) is 36.4 Å². The van der Waals surface area contributed by atoms with Gasteiger partial charge in [0.15, 0.2) is 5.96 Å². The molecule has 2 aromatic carbocycles. The summed E-state index contributed by atoms with van der Waals surface area (Å²) in [6, 6.07) is 17.2. The highest BCUT2D eigenvalue weighted by Crippen LogP contribution is 2.14. The zero-order valence-electron chi connectivity index (χ0n) is 12.7. The van der Waals surface area contributed by atoms with Crippen LogP contribution in [0.2, 0.25) is 0 Å². The van der Waals surface area contributed by atoms with Crippen LogP contribution in [-0.2, 0) is 0 Å². The number of methoxy groups -OCH3 is 1. The molecule has 2 aromatic rings. The Hall–Kier alpha value is -2.69. The predicted octanol–water partition coefficient (Wildman–Crippen LogP) is 2.89. The van der Waals surface area contributed by atoms with Gasteiger partial charge in [0.25, 0.3) is 0 Å². The van der Waals surface area contributed by atoms with Gasteiger partial charge < -0.3 is 20.5 Å². The van der Waals surface area contributed by atoms with E-state index in [9.17, 15) is 0 Å². The molecule has 0 aliphatic rings. The number of nitrogens with two attached hydrogens (primary N) is 1. The molecule has 0 aromatic heterocycles. The monoisotopic (exact) mass is 299 g/mol. The van der Waals surface area contributed by atoms with Crippen molar-refractivity contribution in [2.24, 2.45) is 10.7 Å². The average molecular weight is 299 g/mol. The zero-order chi connectivity index (χ0) is 15.6. The van der Waals surface area contributed by atoms with E-state index >= 15 is 0 Å².